The minimum atomic E-state index is -0.505. The number of imide groups is 2. The monoisotopic (exact) mass is 484 g/mol. The van der Waals surface area contributed by atoms with E-state index in [1.807, 2.05) is 12.2 Å². The van der Waals surface area contributed by atoms with Crippen LogP contribution in [-0.4, -0.2) is 37.8 Å². The van der Waals surface area contributed by atoms with E-state index in [4.69, 9.17) is 9.47 Å². The number of rotatable bonds is 4. The minimum absolute atomic E-state index is 0.112. The van der Waals surface area contributed by atoms with E-state index in [2.05, 4.69) is 0 Å². The van der Waals surface area contributed by atoms with Crippen LogP contribution in [0.2, 0.25) is 0 Å². The topological polar surface area (TPSA) is 93.2 Å². The molecule has 0 radical (unpaired) electrons. The van der Waals surface area contributed by atoms with E-state index in [1.54, 1.807) is 62.8 Å². The maximum atomic E-state index is 13.6. The van der Waals surface area contributed by atoms with Gasteiger partial charge >= 0.3 is 0 Å². The Bertz CT molecular complexity index is 1290. The van der Waals surface area contributed by atoms with Gasteiger partial charge in [0.15, 0.2) is 0 Å². The van der Waals surface area contributed by atoms with Crippen LogP contribution in [0.1, 0.15) is 0 Å². The minimum Gasteiger partial charge on any atom is -0.497 e. The van der Waals surface area contributed by atoms with Gasteiger partial charge in [0.05, 0.1) is 49.3 Å². The highest BCUT2D eigenvalue weighted by Crippen LogP contribution is 2.68. The Balaban J connectivity index is 1.22. The Hall–Kier alpha value is -3.94. The van der Waals surface area contributed by atoms with Crippen molar-refractivity contribution in [1.82, 2.24) is 0 Å². The maximum Gasteiger partial charge on any atom is 0.238 e. The molecule has 2 aromatic rings. The van der Waals surface area contributed by atoms with Gasteiger partial charge in [-0.15, -0.1) is 0 Å². The van der Waals surface area contributed by atoms with Crippen molar-refractivity contribution in [2.45, 2.75) is 0 Å². The number of hydrogen-bond donors (Lipinski definition) is 0. The van der Waals surface area contributed by atoms with Crippen molar-refractivity contribution in [2.24, 2.45) is 47.3 Å². The molecule has 8 atom stereocenters. The van der Waals surface area contributed by atoms with Gasteiger partial charge in [-0.05, 0) is 72.2 Å². The van der Waals surface area contributed by atoms with Crippen molar-refractivity contribution >= 4 is 35.0 Å². The van der Waals surface area contributed by atoms with E-state index < -0.39 is 23.7 Å². The number of carbonyl (C=O) groups excluding carboxylic acids is 4. The number of amides is 4. The number of benzene rings is 2. The molecular weight excluding hydrogens is 460 g/mol. The molecule has 2 saturated heterocycles. The first-order chi connectivity index (χ1) is 17.5. The van der Waals surface area contributed by atoms with E-state index >= 15 is 0 Å². The molecule has 0 aromatic heterocycles. The van der Waals surface area contributed by atoms with Gasteiger partial charge in [-0.2, -0.15) is 0 Å². The predicted molar refractivity (Wildman–Crippen MR) is 128 cm³/mol. The summed E-state index contributed by atoms with van der Waals surface area (Å²) in [5, 5.41) is 0. The van der Waals surface area contributed by atoms with Crippen molar-refractivity contribution in [2.75, 3.05) is 24.0 Å². The van der Waals surface area contributed by atoms with Crippen LogP contribution in [0.4, 0.5) is 11.4 Å². The Morgan fingerprint density at radius 3 is 1.19 bits per heavy atom. The van der Waals surface area contributed by atoms with Gasteiger partial charge in [-0.1, -0.05) is 12.2 Å². The second-order valence-electron chi connectivity index (χ2n) is 10.2. The summed E-state index contributed by atoms with van der Waals surface area (Å²) in [5.74, 6) is -2.21. The number of carbonyl (C=O) groups is 4. The molecule has 4 fully saturated rings. The highest BCUT2D eigenvalue weighted by molar-refractivity contribution is 6.25. The van der Waals surface area contributed by atoms with Crippen LogP contribution in [0, 0.1) is 47.3 Å². The van der Waals surface area contributed by atoms with E-state index in [0.717, 1.165) is 0 Å². The molecule has 2 heterocycles. The lowest BCUT2D eigenvalue weighted by atomic mass is 9.40. The number of fused-ring (bicyclic) bond motifs is 1. The molecule has 36 heavy (non-hydrogen) atoms. The molecule has 2 bridgehead atoms. The largest absolute Gasteiger partial charge is 0.497 e. The third-order valence-electron chi connectivity index (χ3n) is 9.00. The number of hydrogen-bond acceptors (Lipinski definition) is 6. The fourth-order valence-corrected chi connectivity index (χ4v) is 7.57. The molecule has 0 N–H and O–H groups in total. The summed E-state index contributed by atoms with van der Waals surface area (Å²) < 4.78 is 10.4. The normalized spacial score (nSPS) is 35.5. The van der Waals surface area contributed by atoms with Crippen LogP contribution in [0.3, 0.4) is 0 Å². The first-order valence-electron chi connectivity index (χ1n) is 12.2. The Morgan fingerprint density at radius 1 is 0.528 bits per heavy atom. The first-order valence-corrected chi connectivity index (χ1v) is 12.2. The van der Waals surface area contributed by atoms with Gasteiger partial charge in [0.1, 0.15) is 11.5 Å². The first kappa shape index (κ1) is 21.4. The summed E-state index contributed by atoms with van der Waals surface area (Å²) in [6, 6.07) is 13.8. The molecule has 8 heteroatoms. The van der Waals surface area contributed by atoms with E-state index in [1.165, 1.54) is 9.80 Å². The second-order valence-corrected chi connectivity index (χ2v) is 10.2. The average Bonchev–Trinajstić information content (AvgIpc) is 3.28. The lowest BCUT2D eigenvalue weighted by Crippen LogP contribution is -2.63. The quantitative estimate of drug-likeness (QED) is 0.489. The zero-order valence-electron chi connectivity index (χ0n) is 19.7. The standard InChI is InChI=1S/C28H24N2O6/c1-35-15-7-3-13(4-8-15)29-25(31)21-17-11-12-18(22(21)26(29)32)20-19(17)23-24(20)28(34)30(27(23)33)14-5-9-16(36-2)10-6-14/h3-12,17-24H,1-2H3/t17-,18+,19-,20-,21+,22+,23-,24-/m1/s1. The van der Waals surface area contributed by atoms with Crippen molar-refractivity contribution < 1.29 is 28.7 Å². The van der Waals surface area contributed by atoms with Gasteiger partial charge in [0.25, 0.3) is 0 Å². The molecule has 0 spiro atoms. The zero-order chi connectivity index (χ0) is 24.9. The SMILES string of the molecule is COc1ccc(N2C(=O)[C@H]3[C@H]4C=C[C@@H]([C@@H]3C2=O)[C@H]2[C@H]3C(=O)N(c5ccc(OC)cc5)C(=O)[C@@H]3[C@H]42)cc1. The average molecular weight is 485 g/mol. The fourth-order valence-electron chi connectivity index (χ4n) is 7.57. The van der Waals surface area contributed by atoms with Crippen molar-refractivity contribution in [1.29, 1.82) is 0 Å². The van der Waals surface area contributed by atoms with Gasteiger partial charge < -0.3 is 9.47 Å². The highest BCUT2D eigenvalue weighted by atomic mass is 16.5. The highest BCUT2D eigenvalue weighted by Gasteiger charge is 2.75. The molecule has 4 amide bonds. The van der Waals surface area contributed by atoms with E-state index in [9.17, 15) is 19.2 Å². The van der Waals surface area contributed by atoms with E-state index in [0.29, 0.717) is 22.9 Å². The van der Waals surface area contributed by atoms with Gasteiger partial charge in [-0.25, -0.2) is 0 Å². The van der Waals surface area contributed by atoms with Crippen LogP contribution >= 0.6 is 0 Å². The fraction of sp³-hybridized carbons (Fsp3) is 0.357. The van der Waals surface area contributed by atoms with E-state index in [-0.39, 0.29) is 47.3 Å². The number of methoxy groups -OCH3 is 2. The molecule has 2 aromatic carbocycles. The summed E-state index contributed by atoms with van der Waals surface area (Å²) in [5.41, 5.74) is 1.04. The predicted octanol–water partition coefficient (Wildman–Crippen LogP) is 2.68. The van der Waals surface area contributed by atoms with Crippen LogP contribution in [0.25, 0.3) is 0 Å². The lowest BCUT2D eigenvalue weighted by molar-refractivity contribution is -0.166. The summed E-state index contributed by atoms with van der Waals surface area (Å²) in [4.78, 5) is 56.9. The Kier molecular flexibility index (Phi) is 4.32. The number of allylic oxidation sites excluding steroid dienone is 2. The summed E-state index contributed by atoms with van der Waals surface area (Å²) in [7, 11) is 3.12. The Morgan fingerprint density at radius 2 is 0.861 bits per heavy atom. The molecule has 182 valence electrons. The summed E-state index contributed by atoms with van der Waals surface area (Å²) >= 11 is 0. The zero-order valence-corrected chi connectivity index (χ0v) is 19.7. The maximum absolute atomic E-state index is 13.6. The molecule has 2 saturated carbocycles. The Labute approximate surface area is 207 Å². The smallest absolute Gasteiger partial charge is 0.238 e. The number of anilines is 2. The molecule has 8 nitrogen and oxygen atoms in total. The van der Waals surface area contributed by atoms with Crippen LogP contribution < -0.4 is 19.3 Å². The van der Waals surface area contributed by atoms with Gasteiger partial charge in [0.2, 0.25) is 23.6 Å². The van der Waals surface area contributed by atoms with Crippen LogP contribution in [0.5, 0.6) is 11.5 Å². The van der Waals surface area contributed by atoms with Crippen LogP contribution in [-0.2, 0) is 19.2 Å². The van der Waals surface area contributed by atoms with Crippen molar-refractivity contribution in [3.8, 4) is 11.5 Å². The molecule has 4 aliphatic carbocycles. The third kappa shape index (κ3) is 2.49. The third-order valence-corrected chi connectivity index (χ3v) is 9.00. The lowest BCUT2D eigenvalue weighted by Gasteiger charge is -2.60. The number of nitrogens with zero attached hydrogens (tertiary/aromatic N) is 2. The van der Waals surface area contributed by atoms with Crippen molar-refractivity contribution in [3.05, 3.63) is 60.7 Å². The molecule has 2 aliphatic heterocycles. The molecule has 8 rings (SSSR count). The molecular formula is C28H24N2O6. The molecule has 0 unspecified atom stereocenters. The van der Waals surface area contributed by atoms with Gasteiger partial charge in [0, 0.05) is 0 Å². The summed E-state index contributed by atoms with van der Waals surface area (Å²) in [6.45, 7) is 0. The van der Waals surface area contributed by atoms with Crippen LogP contribution in [0.15, 0.2) is 60.7 Å². The van der Waals surface area contributed by atoms with Crippen molar-refractivity contribution in [3.63, 3.8) is 0 Å². The number of ether oxygens (including phenoxy) is 2. The second kappa shape index (κ2) is 7.29. The molecule has 6 aliphatic rings. The summed E-state index contributed by atoms with van der Waals surface area (Å²) in [6.07, 6.45) is 4.03. The van der Waals surface area contributed by atoms with Gasteiger partial charge in [-0.3, -0.25) is 29.0 Å².